The molecule has 0 saturated heterocycles. The first-order valence-electron chi connectivity index (χ1n) is 10.7. The standard InChI is InChI=1S/C27H35N/c1-7-10-22-17-21(18(2)3)14-15-23(22)19(4)24-16-13-20-11-8-9-12-25(20)26(24)27(5,6)28/h8-12,14-15,17-18H,7,13,16,28H2,1-6H3/b22-10-,23-19+. The van der Waals surface area contributed by atoms with Crippen molar-refractivity contribution in [2.24, 2.45) is 5.73 Å². The highest BCUT2D eigenvalue weighted by Gasteiger charge is 2.28. The molecule has 28 heavy (non-hydrogen) atoms. The van der Waals surface area contributed by atoms with Crippen LogP contribution in [0.25, 0.3) is 17.2 Å². The van der Waals surface area contributed by atoms with E-state index < -0.39 is 0 Å². The summed E-state index contributed by atoms with van der Waals surface area (Å²) >= 11 is 0. The largest absolute Gasteiger partial charge is 0.322 e. The van der Waals surface area contributed by atoms with Crippen LogP contribution in [0.2, 0.25) is 0 Å². The molecule has 148 valence electrons. The molecule has 0 fully saturated rings. The van der Waals surface area contributed by atoms with Gasteiger partial charge >= 0.3 is 0 Å². The number of aryl methyl sites for hydroxylation is 1. The van der Waals surface area contributed by atoms with Crippen molar-refractivity contribution >= 4 is 17.2 Å². The van der Waals surface area contributed by atoms with Gasteiger partial charge in [-0.05, 0) is 89.8 Å². The van der Waals surface area contributed by atoms with Crippen molar-refractivity contribution in [3.8, 4) is 0 Å². The second-order valence-corrected chi connectivity index (χ2v) is 8.97. The van der Waals surface area contributed by atoms with Crippen LogP contribution in [0, 0.1) is 0 Å². The van der Waals surface area contributed by atoms with E-state index in [-0.39, 0.29) is 5.54 Å². The molecular formula is C27H35N. The van der Waals surface area contributed by atoms with Crippen LogP contribution in [0.3, 0.4) is 0 Å². The Morgan fingerprint density at radius 1 is 1.11 bits per heavy atom. The summed E-state index contributed by atoms with van der Waals surface area (Å²) in [6, 6.07) is 15.8. The molecule has 0 bridgehead atoms. The zero-order valence-electron chi connectivity index (χ0n) is 18.4. The van der Waals surface area contributed by atoms with E-state index in [2.05, 4.69) is 90.1 Å². The number of hydrogen-bond acceptors (Lipinski definition) is 1. The van der Waals surface area contributed by atoms with Gasteiger partial charge in [0.1, 0.15) is 0 Å². The Morgan fingerprint density at radius 3 is 2.46 bits per heavy atom. The third-order valence-corrected chi connectivity index (χ3v) is 5.90. The molecule has 3 rings (SSSR count). The Hall–Kier alpha value is -2.12. The molecule has 0 spiro atoms. The summed E-state index contributed by atoms with van der Waals surface area (Å²) in [5, 5.41) is 2.70. The van der Waals surface area contributed by atoms with Crippen LogP contribution in [0.4, 0.5) is 0 Å². The molecule has 0 atom stereocenters. The van der Waals surface area contributed by atoms with Crippen molar-refractivity contribution in [2.75, 3.05) is 0 Å². The van der Waals surface area contributed by atoms with E-state index in [1.54, 1.807) is 0 Å². The van der Waals surface area contributed by atoms with Crippen LogP contribution in [-0.2, 0) is 6.42 Å². The highest BCUT2D eigenvalue weighted by Crippen LogP contribution is 2.39. The second-order valence-electron chi connectivity index (χ2n) is 8.97. The minimum absolute atomic E-state index is 0.375. The molecule has 0 amide bonds. The zero-order valence-corrected chi connectivity index (χ0v) is 18.4. The first kappa shape index (κ1) is 20.6. The van der Waals surface area contributed by atoms with Gasteiger partial charge in [-0.15, -0.1) is 0 Å². The van der Waals surface area contributed by atoms with Gasteiger partial charge in [0.25, 0.3) is 0 Å². The van der Waals surface area contributed by atoms with Gasteiger partial charge in [-0.3, -0.25) is 0 Å². The van der Waals surface area contributed by atoms with Crippen molar-refractivity contribution in [3.63, 3.8) is 0 Å². The first-order valence-corrected chi connectivity index (χ1v) is 10.7. The van der Waals surface area contributed by atoms with Gasteiger partial charge in [0.2, 0.25) is 0 Å². The topological polar surface area (TPSA) is 26.0 Å². The summed E-state index contributed by atoms with van der Waals surface area (Å²) in [7, 11) is 0. The minimum atomic E-state index is -0.375. The summed E-state index contributed by atoms with van der Waals surface area (Å²) in [5.74, 6) is 0.540. The molecule has 2 N–H and O–H groups in total. The van der Waals surface area contributed by atoms with Gasteiger partial charge in [-0.2, -0.15) is 0 Å². The van der Waals surface area contributed by atoms with Gasteiger partial charge in [-0.1, -0.05) is 69.3 Å². The highest BCUT2D eigenvalue weighted by molar-refractivity contribution is 5.88. The summed E-state index contributed by atoms with van der Waals surface area (Å²) in [4.78, 5) is 0. The van der Waals surface area contributed by atoms with Gasteiger partial charge in [0, 0.05) is 5.54 Å². The van der Waals surface area contributed by atoms with E-state index in [4.69, 9.17) is 5.73 Å². The Bertz CT molecular complexity index is 1010. The number of nitrogens with two attached hydrogens (primary N) is 1. The van der Waals surface area contributed by atoms with E-state index in [0.717, 1.165) is 19.3 Å². The second kappa shape index (κ2) is 8.09. The van der Waals surface area contributed by atoms with Gasteiger partial charge in [-0.25, -0.2) is 0 Å². The molecule has 1 heteroatoms. The average Bonchev–Trinajstić information content (AvgIpc) is 2.66. The lowest BCUT2D eigenvalue weighted by atomic mass is 9.75. The van der Waals surface area contributed by atoms with Gasteiger partial charge in [0.15, 0.2) is 0 Å². The molecule has 0 heterocycles. The summed E-state index contributed by atoms with van der Waals surface area (Å²) in [6.07, 6.45) is 5.53. The van der Waals surface area contributed by atoms with E-state index in [1.807, 2.05) is 0 Å². The summed E-state index contributed by atoms with van der Waals surface area (Å²) in [5.41, 5.74) is 14.6. The predicted molar refractivity (Wildman–Crippen MR) is 124 cm³/mol. The third kappa shape index (κ3) is 4.00. The van der Waals surface area contributed by atoms with Crippen LogP contribution < -0.4 is 16.2 Å². The Kier molecular flexibility index (Phi) is 5.95. The minimum Gasteiger partial charge on any atom is -0.322 e. The molecule has 0 aliphatic heterocycles. The van der Waals surface area contributed by atoms with E-state index >= 15 is 0 Å². The number of fused-ring (bicyclic) bond motifs is 1. The summed E-state index contributed by atoms with van der Waals surface area (Å²) < 4.78 is 0. The average molecular weight is 374 g/mol. The maximum Gasteiger partial charge on any atom is 0.0361 e. The van der Waals surface area contributed by atoms with E-state index in [0.29, 0.717) is 5.92 Å². The highest BCUT2D eigenvalue weighted by atomic mass is 14.7. The molecule has 1 aliphatic rings. The quantitative estimate of drug-likeness (QED) is 0.772. The molecule has 0 unspecified atom stereocenters. The molecule has 0 aromatic heterocycles. The van der Waals surface area contributed by atoms with Crippen molar-refractivity contribution in [3.05, 3.63) is 75.2 Å². The molecule has 1 nitrogen and oxygen atoms in total. The maximum atomic E-state index is 6.71. The molecule has 2 aromatic carbocycles. The van der Waals surface area contributed by atoms with Gasteiger partial charge < -0.3 is 5.73 Å². The fourth-order valence-corrected chi connectivity index (χ4v) is 4.47. The third-order valence-electron chi connectivity index (χ3n) is 5.90. The van der Waals surface area contributed by atoms with Crippen LogP contribution in [0.5, 0.6) is 0 Å². The van der Waals surface area contributed by atoms with E-state index in [1.165, 1.54) is 43.8 Å². The van der Waals surface area contributed by atoms with Crippen molar-refractivity contribution in [1.29, 1.82) is 0 Å². The number of hydrogen-bond donors (Lipinski definition) is 1. The summed E-state index contributed by atoms with van der Waals surface area (Å²) in [6.45, 7) is 13.3. The van der Waals surface area contributed by atoms with Crippen molar-refractivity contribution in [2.45, 2.75) is 72.3 Å². The molecule has 0 radical (unpaired) electrons. The smallest absolute Gasteiger partial charge is 0.0361 e. The van der Waals surface area contributed by atoms with Crippen LogP contribution in [0.15, 0.2) is 48.0 Å². The Balaban J connectivity index is 2.35. The SMILES string of the molecule is CC/C=c1/cc(C(C)C)cc/c1=C(/C)C1=C(C(C)(C)N)c2ccccc2CC1. The fourth-order valence-electron chi connectivity index (χ4n) is 4.47. The molecule has 0 saturated carbocycles. The fraction of sp³-hybridized carbons (Fsp3) is 0.407. The first-order chi connectivity index (χ1) is 13.2. The van der Waals surface area contributed by atoms with Crippen LogP contribution in [-0.4, -0.2) is 5.54 Å². The molecule has 2 aromatic rings. The maximum absolute atomic E-state index is 6.71. The number of benzene rings is 2. The predicted octanol–water partition coefficient (Wildman–Crippen LogP) is 5.31. The Labute approximate surface area is 170 Å². The molecular weight excluding hydrogens is 338 g/mol. The lowest BCUT2D eigenvalue weighted by Crippen LogP contribution is -2.36. The molecule has 1 aliphatic carbocycles. The lowest BCUT2D eigenvalue weighted by Gasteiger charge is -2.33. The van der Waals surface area contributed by atoms with Crippen molar-refractivity contribution < 1.29 is 0 Å². The van der Waals surface area contributed by atoms with Gasteiger partial charge in [0.05, 0.1) is 0 Å². The zero-order chi connectivity index (χ0) is 20.5. The van der Waals surface area contributed by atoms with Crippen LogP contribution in [0.1, 0.15) is 77.0 Å². The number of allylic oxidation sites excluding steroid dienone is 1. The van der Waals surface area contributed by atoms with E-state index in [9.17, 15) is 0 Å². The normalized spacial score (nSPS) is 16.5. The number of rotatable bonds is 4. The lowest BCUT2D eigenvalue weighted by molar-refractivity contribution is 0.663. The van der Waals surface area contributed by atoms with Crippen LogP contribution >= 0.6 is 0 Å². The Morgan fingerprint density at radius 2 is 1.82 bits per heavy atom. The monoisotopic (exact) mass is 373 g/mol. The van der Waals surface area contributed by atoms with Crippen molar-refractivity contribution in [1.82, 2.24) is 0 Å².